The summed E-state index contributed by atoms with van der Waals surface area (Å²) in [6.07, 6.45) is 4.72. The molecule has 6 rings (SSSR count). The van der Waals surface area contributed by atoms with Gasteiger partial charge in [-0.15, -0.1) is 13.2 Å². The fraction of sp³-hybridized carbons (Fsp3) is 0.467. The van der Waals surface area contributed by atoms with Crippen LogP contribution in [0.3, 0.4) is 0 Å². The predicted molar refractivity (Wildman–Crippen MR) is 141 cm³/mol. The number of fused-ring (bicyclic) bond motifs is 2. The van der Waals surface area contributed by atoms with Gasteiger partial charge in [0.2, 0.25) is 0 Å². The Morgan fingerprint density at radius 3 is 2.62 bits per heavy atom. The van der Waals surface area contributed by atoms with Gasteiger partial charge in [0.15, 0.2) is 5.76 Å². The largest absolute Gasteiger partial charge is 0.573 e. The molecule has 9 heteroatoms. The van der Waals surface area contributed by atoms with Crippen molar-refractivity contribution in [3.05, 3.63) is 60.3 Å². The average molecular weight is 537 g/mol. The van der Waals surface area contributed by atoms with Gasteiger partial charge in [0.1, 0.15) is 5.75 Å². The van der Waals surface area contributed by atoms with Crippen molar-refractivity contribution in [3.8, 4) is 23.1 Å². The molecule has 5 atom stereocenters. The molecule has 0 amide bonds. The third kappa shape index (κ3) is 5.56. The number of hydrogen-bond donors (Lipinski definition) is 1. The second-order valence-electron chi connectivity index (χ2n) is 11.1. The van der Waals surface area contributed by atoms with Gasteiger partial charge in [-0.3, -0.25) is 0 Å². The van der Waals surface area contributed by atoms with Crippen molar-refractivity contribution in [1.29, 1.82) is 5.26 Å². The third-order valence-corrected chi connectivity index (χ3v) is 8.65. The summed E-state index contributed by atoms with van der Waals surface area (Å²) in [4.78, 5) is 6.88. The first-order chi connectivity index (χ1) is 18.9. The minimum Gasteiger partial charge on any atom is -0.423 e. The lowest BCUT2D eigenvalue weighted by atomic mass is 9.77. The van der Waals surface area contributed by atoms with Gasteiger partial charge in [0, 0.05) is 24.3 Å². The van der Waals surface area contributed by atoms with Crippen LogP contribution in [0.25, 0.3) is 11.3 Å². The summed E-state index contributed by atoms with van der Waals surface area (Å²) < 4.78 is 48.7. The molecule has 2 aliphatic carbocycles. The van der Waals surface area contributed by atoms with Crippen LogP contribution in [0, 0.1) is 29.1 Å². The highest BCUT2D eigenvalue weighted by atomic mass is 19.4. The Hall–Kier alpha value is -3.67. The van der Waals surface area contributed by atoms with Crippen LogP contribution in [-0.4, -0.2) is 30.0 Å². The third-order valence-electron chi connectivity index (χ3n) is 8.65. The summed E-state index contributed by atoms with van der Waals surface area (Å²) in [6, 6.07) is 17.1. The van der Waals surface area contributed by atoms with Crippen molar-refractivity contribution < 1.29 is 22.3 Å². The van der Waals surface area contributed by atoms with Gasteiger partial charge in [-0.05, 0) is 86.3 Å². The summed E-state index contributed by atoms with van der Waals surface area (Å²) in [5, 5.41) is 12.6. The van der Waals surface area contributed by atoms with Crippen molar-refractivity contribution in [2.45, 2.75) is 63.4 Å². The van der Waals surface area contributed by atoms with Crippen molar-refractivity contribution in [1.82, 2.24) is 4.98 Å². The maximum absolute atomic E-state index is 12.9. The maximum atomic E-state index is 12.9. The van der Waals surface area contributed by atoms with Crippen LogP contribution in [0.4, 0.5) is 24.9 Å². The molecule has 0 unspecified atom stereocenters. The zero-order chi connectivity index (χ0) is 27.0. The van der Waals surface area contributed by atoms with Crippen LogP contribution >= 0.6 is 0 Å². The number of nitrogens with one attached hydrogen (secondary N) is 1. The zero-order valence-electron chi connectivity index (χ0n) is 21.5. The molecule has 2 saturated carbocycles. The van der Waals surface area contributed by atoms with Gasteiger partial charge >= 0.3 is 6.36 Å². The summed E-state index contributed by atoms with van der Waals surface area (Å²) in [5.74, 6) is 1.71. The minimum atomic E-state index is -4.79. The topological polar surface area (TPSA) is 74.3 Å². The number of oxazole rings is 1. The minimum absolute atomic E-state index is 0.203. The number of benzene rings is 2. The molecule has 0 radical (unpaired) electrons. The molecule has 204 valence electrons. The summed E-state index contributed by atoms with van der Waals surface area (Å²) in [6.45, 7) is 1.08. The van der Waals surface area contributed by atoms with Gasteiger partial charge in [0.05, 0.1) is 23.4 Å². The lowest BCUT2D eigenvalue weighted by Crippen LogP contribution is -2.41. The molecule has 2 bridgehead atoms. The number of nitriles is 1. The number of alkyl halides is 3. The Bertz CT molecular complexity index is 1330. The number of aromatic nitrogens is 1. The molecule has 39 heavy (non-hydrogen) atoms. The second kappa shape index (κ2) is 10.5. The van der Waals surface area contributed by atoms with Crippen LogP contribution in [0.15, 0.2) is 59.1 Å². The Morgan fingerprint density at radius 1 is 1.05 bits per heavy atom. The van der Waals surface area contributed by atoms with E-state index < -0.39 is 6.36 Å². The molecule has 1 N–H and O–H groups in total. The highest BCUT2D eigenvalue weighted by Gasteiger charge is 2.46. The van der Waals surface area contributed by atoms with Gasteiger partial charge in [-0.25, -0.2) is 4.98 Å². The number of nitrogens with zero attached hydrogens (tertiary/aromatic N) is 3. The van der Waals surface area contributed by atoms with E-state index in [4.69, 9.17) is 9.68 Å². The fourth-order valence-corrected chi connectivity index (χ4v) is 7.01. The van der Waals surface area contributed by atoms with Crippen molar-refractivity contribution in [2.75, 3.05) is 16.8 Å². The average Bonchev–Trinajstić information content (AvgIpc) is 3.66. The summed E-state index contributed by atoms with van der Waals surface area (Å²) >= 11 is 0. The molecule has 2 aromatic carbocycles. The number of rotatable bonds is 7. The molecule has 3 aromatic rings. The van der Waals surface area contributed by atoms with Gasteiger partial charge in [0.25, 0.3) is 6.01 Å². The smallest absolute Gasteiger partial charge is 0.423 e. The van der Waals surface area contributed by atoms with E-state index in [2.05, 4.69) is 38.1 Å². The summed E-state index contributed by atoms with van der Waals surface area (Å²) in [5.41, 5.74) is 2.09. The fourth-order valence-electron chi connectivity index (χ4n) is 7.01. The monoisotopic (exact) mass is 536 g/mol. The summed E-state index contributed by atoms with van der Waals surface area (Å²) in [7, 11) is 0. The molecule has 3 aliphatic rings. The zero-order valence-corrected chi connectivity index (χ0v) is 21.5. The first-order valence-electron chi connectivity index (χ1n) is 13.7. The normalized spacial score (nSPS) is 26.4. The number of para-hydroxylation sites is 1. The van der Waals surface area contributed by atoms with E-state index >= 15 is 0 Å². The van der Waals surface area contributed by atoms with Crippen LogP contribution in [0.2, 0.25) is 0 Å². The highest BCUT2D eigenvalue weighted by molar-refractivity contribution is 5.65. The quantitative estimate of drug-likeness (QED) is 0.339. The maximum Gasteiger partial charge on any atom is 0.573 e. The first kappa shape index (κ1) is 25.6. The lowest BCUT2D eigenvalue weighted by molar-refractivity contribution is -0.274. The van der Waals surface area contributed by atoms with E-state index in [9.17, 15) is 13.2 Å². The van der Waals surface area contributed by atoms with E-state index in [0.717, 1.165) is 32.2 Å². The van der Waals surface area contributed by atoms with E-state index in [0.29, 0.717) is 35.4 Å². The number of piperidine rings is 1. The van der Waals surface area contributed by atoms with Crippen molar-refractivity contribution in [2.24, 2.45) is 17.8 Å². The molecule has 1 aliphatic heterocycles. The molecule has 0 spiro atoms. The molecule has 6 nitrogen and oxygen atoms in total. The van der Waals surface area contributed by atoms with Crippen molar-refractivity contribution in [3.63, 3.8) is 0 Å². The predicted octanol–water partition coefficient (Wildman–Crippen LogP) is 7.39. The first-order valence-corrected chi connectivity index (χ1v) is 13.7. The Balaban J connectivity index is 1.13. The molecule has 3 fully saturated rings. The second-order valence-corrected chi connectivity index (χ2v) is 11.1. The molecular weight excluding hydrogens is 505 g/mol. The Kier molecular flexibility index (Phi) is 6.88. The van der Waals surface area contributed by atoms with E-state index in [1.54, 1.807) is 6.07 Å². The van der Waals surface area contributed by atoms with Crippen LogP contribution in [-0.2, 0) is 0 Å². The Morgan fingerprint density at radius 2 is 1.85 bits per heavy atom. The standard InChI is InChI=1S/C30H31F3N4O2/c31-30(32,33)39-27-8-4-2-6-24(27)28-17-35-29(38-28)36-25-7-3-1-5-21(25)15-22-13-20-14-26(22)37(18-20)23-11-9-19(16-34)10-12-23/h2,4,6,8-12,17,20-22,25-26H,1,3,5,7,13-15,18H2,(H,35,36)/t20-,21+,22-,25-,26-/m1/s1. The van der Waals surface area contributed by atoms with Gasteiger partial charge < -0.3 is 19.4 Å². The van der Waals surface area contributed by atoms with E-state index in [1.165, 1.54) is 49.3 Å². The number of ether oxygens (including phenoxy) is 1. The van der Waals surface area contributed by atoms with Crippen LogP contribution in [0.5, 0.6) is 5.75 Å². The molecule has 2 heterocycles. The molecule has 1 aromatic heterocycles. The molecular formula is C30H31F3N4O2. The Labute approximate surface area is 225 Å². The number of halogens is 3. The van der Waals surface area contributed by atoms with E-state index in [-0.39, 0.29) is 23.1 Å². The molecule has 1 saturated heterocycles. The van der Waals surface area contributed by atoms with E-state index in [1.807, 2.05) is 12.1 Å². The van der Waals surface area contributed by atoms with Gasteiger partial charge in [-0.1, -0.05) is 25.0 Å². The van der Waals surface area contributed by atoms with Crippen LogP contribution in [0.1, 0.15) is 50.5 Å². The highest BCUT2D eigenvalue weighted by Crippen LogP contribution is 2.48. The van der Waals surface area contributed by atoms with Crippen molar-refractivity contribution >= 4 is 11.7 Å². The number of hydrogen-bond acceptors (Lipinski definition) is 6. The SMILES string of the molecule is N#Cc1ccc(N2C[C@@H]3C[C@H](C[C@@H]4CCCC[C@H]4Nc4ncc(-c5ccccc5OC(F)(F)F)o4)[C@H]2C3)cc1. The van der Waals surface area contributed by atoms with Gasteiger partial charge in [-0.2, -0.15) is 5.26 Å². The lowest BCUT2D eigenvalue weighted by Gasteiger charge is -2.39. The van der Waals surface area contributed by atoms with Crippen LogP contribution < -0.4 is 15.0 Å². The number of anilines is 2.